The van der Waals surface area contributed by atoms with Crippen molar-refractivity contribution in [3.63, 3.8) is 0 Å². The Bertz CT molecular complexity index is 1600. The normalized spacial score (nSPS) is 17.0. The second-order valence-electron chi connectivity index (χ2n) is 8.35. The average molecular weight is 488 g/mol. The van der Waals surface area contributed by atoms with E-state index >= 15 is 0 Å². The lowest BCUT2D eigenvalue weighted by Crippen LogP contribution is -2.33. The van der Waals surface area contributed by atoms with Gasteiger partial charge in [-0.15, -0.1) is 0 Å². The maximum atomic E-state index is 14.2. The van der Waals surface area contributed by atoms with Crippen molar-refractivity contribution >= 4 is 46.2 Å². The molecule has 2 aliphatic heterocycles. The molecule has 0 aliphatic carbocycles. The molecule has 8 nitrogen and oxygen atoms in total. The topological polar surface area (TPSA) is 88.3 Å². The number of halogens is 2. The summed E-state index contributed by atoms with van der Waals surface area (Å²) in [7, 11) is 0. The fourth-order valence-corrected chi connectivity index (χ4v) is 5.03. The molecule has 1 N–H and O–H groups in total. The van der Waals surface area contributed by atoms with Crippen LogP contribution in [0.2, 0.25) is 5.02 Å². The van der Waals surface area contributed by atoms with Crippen molar-refractivity contribution < 1.29 is 4.39 Å². The Kier molecular flexibility index (Phi) is 5.07. The van der Waals surface area contributed by atoms with E-state index in [-0.39, 0.29) is 17.0 Å². The molecule has 10 heteroatoms. The van der Waals surface area contributed by atoms with E-state index in [1.54, 1.807) is 36.7 Å². The third kappa shape index (κ3) is 3.47. The van der Waals surface area contributed by atoms with Crippen LogP contribution in [0.1, 0.15) is 30.3 Å². The van der Waals surface area contributed by atoms with Crippen LogP contribution in [0.4, 0.5) is 16.0 Å². The number of rotatable bonds is 3. The van der Waals surface area contributed by atoms with Gasteiger partial charge in [-0.1, -0.05) is 30.3 Å². The van der Waals surface area contributed by atoms with Gasteiger partial charge in [-0.25, -0.2) is 24.3 Å². The zero-order valence-electron chi connectivity index (χ0n) is 18.4. The second kappa shape index (κ2) is 8.28. The van der Waals surface area contributed by atoms with Crippen molar-refractivity contribution in [2.45, 2.75) is 18.9 Å². The molecule has 35 heavy (non-hydrogen) atoms. The van der Waals surface area contributed by atoms with Crippen LogP contribution in [0, 0.1) is 5.82 Å². The molecular weight excluding hydrogens is 469 g/mol. The molecular formula is C25H19ClFN7O. The lowest BCUT2D eigenvalue weighted by Gasteiger charge is -2.30. The number of benzene rings is 2. The summed E-state index contributed by atoms with van der Waals surface area (Å²) in [6.07, 6.45) is 4.57. The third-order valence-corrected chi connectivity index (χ3v) is 6.61. The Morgan fingerprint density at radius 2 is 2.03 bits per heavy atom. The molecule has 1 atom stereocenters. The van der Waals surface area contributed by atoms with Crippen LogP contribution >= 0.6 is 11.6 Å². The first-order valence-corrected chi connectivity index (χ1v) is 11.5. The third-order valence-electron chi connectivity index (χ3n) is 6.30. The molecule has 1 fully saturated rings. The molecule has 2 aromatic heterocycles. The van der Waals surface area contributed by atoms with E-state index < -0.39 is 5.82 Å². The quantitative estimate of drug-likeness (QED) is 0.456. The first-order valence-electron chi connectivity index (χ1n) is 11.1. The molecule has 4 aromatic rings. The summed E-state index contributed by atoms with van der Waals surface area (Å²) in [5.74, 6) is 1.20. The Morgan fingerprint density at radius 1 is 1.17 bits per heavy atom. The van der Waals surface area contributed by atoms with Gasteiger partial charge in [0.05, 0.1) is 39.6 Å². The van der Waals surface area contributed by atoms with E-state index in [0.29, 0.717) is 51.5 Å². The standard InChI is InChI=1S/C25H19ClFN7O/c1-14-20-22(29-12-28-14)30-13-31-24(20)33-10-4-9-19(33)23-32-18-8-3-7-17(26)21(18)25(35)34(23)16-6-2-5-15(27)11-16/h2-3,5-8,11-13,19H,1,4,9-10H2,(H,28,29,30,31). The minimum atomic E-state index is -0.451. The van der Waals surface area contributed by atoms with Crippen molar-refractivity contribution in [3.05, 3.63) is 88.0 Å². The van der Waals surface area contributed by atoms with Crippen molar-refractivity contribution in [1.82, 2.24) is 24.8 Å². The van der Waals surface area contributed by atoms with Crippen LogP contribution in [-0.4, -0.2) is 32.4 Å². The van der Waals surface area contributed by atoms with Crippen LogP contribution < -0.4 is 15.8 Å². The van der Waals surface area contributed by atoms with Gasteiger partial charge in [-0.3, -0.25) is 9.36 Å². The van der Waals surface area contributed by atoms with Crippen molar-refractivity contribution in [1.29, 1.82) is 0 Å². The molecule has 6 rings (SSSR count). The summed E-state index contributed by atoms with van der Waals surface area (Å²) < 4.78 is 15.7. The maximum Gasteiger partial charge on any atom is 0.267 e. The number of hydrogen-bond acceptors (Lipinski definition) is 7. The number of nitrogens with one attached hydrogen (secondary N) is 1. The minimum Gasteiger partial charge on any atom is -0.346 e. The zero-order chi connectivity index (χ0) is 24.1. The molecule has 2 aromatic carbocycles. The first-order chi connectivity index (χ1) is 17.0. The van der Waals surface area contributed by atoms with Gasteiger partial charge in [0.2, 0.25) is 0 Å². The van der Waals surface area contributed by atoms with Gasteiger partial charge in [-0.2, -0.15) is 0 Å². The monoisotopic (exact) mass is 487 g/mol. The average Bonchev–Trinajstić information content (AvgIpc) is 3.33. The van der Waals surface area contributed by atoms with Crippen LogP contribution in [0.15, 0.2) is 65.2 Å². The van der Waals surface area contributed by atoms with Crippen LogP contribution in [-0.2, 0) is 0 Å². The summed E-state index contributed by atoms with van der Waals surface area (Å²) in [4.78, 5) is 33.9. The molecule has 0 amide bonds. The van der Waals surface area contributed by atoms with Gasteiger partial charge in [0.25, 0.3) is 5.56 Å². The Morgan fingerprint density at radius 3 is 2.89 bits per heavy atom. The number of aliphatic imine (C=N–C) groups is 1. The molecule has 2 aliphatic rings. The van der Waals surface area contributed by atoms with Gasteiger partial charge in [-0.05, 0) is 43.2 Å². The summed E-state index contributed by atoms with van der Waals surface area (Å²) in [5, 5.41) is 3.61. The lowest BCUT2D eigenvalue weighted by atomic mass is 10.1. The maximum absolute atomic E-state index is 14.2. The highest BCUT2D eigenvalue weighted by Gasteiger charge is 2.35. The highest BCUT2D eigenvalue weighted by Crippen LogP contribution is 2.40. The summed E-state index contributed by atoms with van der Waals surface area (Å²) >= 11 is 6.40. The molecule has 1 unspecified atom stereocenters. The molecule has 0 bridgehead atoms. The van der Waals surface area contributed by atoms with E-state index in [1.165, 1.54) is 23.0 Å². The highest BCUT2D eigenvalue weighted by atomic mass is 35.5. The van der Waals surface area contributed by atoms with Crippen molar-refractivity contribution in [3.8, 4) is 5.69 Å². The molecule has 4 heterocycles. The Labute approximate surface area is 204 Å². The van der Waals surface area contributed by atoms with Gasteiger partial charge >= 0.3 is 0 Å². The van der Waals surface area contributed by atoms with Crippen molar-refractivity contribution in [2.75, 3.05) is 11.4 Å². The van der Waals surface area contributed by atoms with Crippen LogP contribution in [0.25, 0.3) is 22.3 Å². The van der Waals surface area contributed by atoms with E-state index in [1.807, 2.05) is 0 Å². The highest BCUT2D eigenvalue weighted by molar-refractivity contribution is 6.35. The zero-order valence-corrected chi connectivity index (χ0v) is 19.2. The number of hydrogen-bond donors (Lipinski definition) is 1. The van der Waals surface area contributed by atoms with Crippen LogP contribution in [0.5, 0.6) is 0 Å². The summed E-state index contributed by atoms with van der Waals surface area (Å²) in [5.41, 5.74) is 1.85. The second-order valence-corrected chi connectivity index (χ2v) is 8.76. The fourth-order valence-electron chi connectivity index (χ4n) is 4.78. The predicted molar refractivity (Wildman–Crippen MR) is 134 cm³/mol. The molecule has 174 valence electrons. The number of nitrogens with zero attached hydrogens (tertiary/aromatic N) is 6. The molecule has 0 spiro atoms. The number of fused-ring (bicyclic) bond motifs is 2. The fraction of sp³-hybridized carbons (Fsp3) is 0.160. The lowest BCUT2D eigenvalue weighted by molar-refractivity contribution is 0.616. The Hall–Kier alpha value is -4.11. The molecule has 0 saturated carbocycles. The molecule has 0 radical (unpaired) electrons. The van der Waals surface area contributed by atoms with E-state index in [4.69, 9.17) is 16.6 Å². The summed E-state index contributed by atoms with van der Waals surface area (Å²) in [6.45, 7) is 4.77. The van der Waals surface area contributed by atoms with E-state index in [0.717, 1.165) is 12.8 Å². The van der Waals surface area contributed by atoms with Crippen LogP contribution in [0.3, 0.4) is 0 Å². The number of aromatic nitrogens is 4. The molecule has 1 saturated heterocycles. The van der Waals surface area contributed by atoms with Crippen molar-refractivity contribution in [2.24, 2.45) is 4.99 Å². The number of anilines is 1. The first kappa shape index (κ1) is 21.4. The summed E-state index contributed by atoms with van der Waals surface area (Å²) in [6, 6.07) is 10.8. The van der Waals surface area contributed by atoms with Gasteiger partial charge < -0.3 is 10.2 Å². The van der Waals surface area contributed by atoms with E-state index in [9.17, 15) is 9.18 Å². The van der Waals surface area contributed by atoms with Gasteiger partial charge in [0, 0.05) is 12.2 Å². The SMILES string of the molecule is C=C1NC=Nc2ncnc(N3CCCC3c3nc4cccc(Cl)c4c(=O)n3-c3cccc(F)c3)c21. The minimum absolute atomic E-state index is 0.290. The Balaban J connectivity index is 1.60. The van der Waals surface area contributed by atoms with Gasteiger partial charge in [0.1, 0.15) is 23.8 Å². The largest absolute Gasteiger partial charge is 0.346 e. The van der Waals surface area contributed by atoms with Gasteiger partial charge in [0.15, 0.2) is 5.82 Å². The van der Waals surface area contributed by atoms with E-state index in [2.05, 4.69) is 31.8 Å². The smallest absolute Gasteiger partial charge is 0.267 e. The predicted octanol–water partition coefficient (Wildman–Crippen LogP) is 4.54.